The summed E-state index contributed by atoms with van der Waals surface area (Å²) in [5.41, 5.74) is 0.166. The lowest BCUT2D eigenvalue weighted by Crippen LogP contribution is -2.43. The van der Waals surface area contributed by atoms with Crippen molar-refractivity contribution in [1.82, 2.24) is 5.32 Å². The summed E-state index contributed by atoms with van der Waals surface area (Å²) in [4.78, 5) is 0. The molecule has 1 fully saturated rings. The van der Waals surface area contributed by atoms with E-state index in [1.165, 1.54) is 38.5 Å². The Labute approximate surface area is 94.8 Å². The van der Waals surface area contributed by atoms with Crippen LogP contribution in [0.15, 0.2) is 0 Å². The van der Waals surface area contributed by atoms with Gasteiger partial charge in [0.2, 0.25) is 0 Å². The molecule has 1 N–H and O–H groups in total. The van der Waals surface area contributed by atoms with Crippen LogP contribution in [0.4, 0.5) is 0 Å². The fraction of sp³-hybridized carbons (Fsp3) is 1.00. The Hall–Kier alpha value is -0.0800. The quantitative estimate of drug-likeness (QED) is 0.656. The van der Waals surface area contributed by atoms with Gasteiger partial charge in [0.1, 0.15) is 0 Å². The maximum Gasteiger partial charge on any atom is 0.0806 e. The van der Waals surface area contributed by atoms with Gasteiger partial charge in [-0.05, 0) is 19.3 Å². The maximum atomic E-state index is 6.12. The molecule has 0 aliphatic heterocycles. The number of hydrogen-bond acceptors (Lipinski definition) is 2. The maximum absolute atomic E-state index is 6.12. The van der Waals surface area contributed by atoms with E-state index in [1.54, 1.807) is 0 Å². The lowest BCUT2D eigenvalue weighted by atomic mass is 10.0. The van der Waals surface area contributed by atoms with Crippen LogP contribution in [0.2, 0.25) is 0 Å². The molecule has 0 spiro atoms. The predicted molar refractivity (Wildman–Crippen MR) is 65.2 cm³/mol. The highest BCUT2D eigenvalue weighted by Crippen LogP contribution is 2.32. The van der Waals surface area contributed by atoms with E-state index < -0.39 is 0 Å². The summed E-state index contributed by atoms with van der Waals surface area (Å²) in [6, 6.07) is 0.567. The van der Waals surface area contributed by atoms with Gasteiger partial charge >= 0.3 is 0 Å². The number of unbranched alkanes of at least 4 members (excludes halogenated alkanes) is 1. The SMILES string of the molecule is CCCCOC1(CNC(C)C)CCCC1. The van der Waals surface area contributed by atoms with Gasteiger partial charge in [0, 0.05) is 19.2 Å². The molecule has 0 amide bonds. The summed E-state index contributed by atoms with van der Waals surface area (Å²) in [6.45, 7) is 8.60. The minimum Gasteiger partial charge on any atom is -0.374 e. The van der Waals surface area contributed by atoms with Gasteiger partial charge in [-0.3, -0.25) is 0 Å². The molecule has 0 aromatic heterocycles. The third-order valence-electron chi connectivity index (χ3n) is 3.25. The van der Waals surface area contributed by atoms with E-state index in [4.69, 9.17) is 4.74 Å². The smallest absolute Gasteiger partial charge is 0.0806 e. The number of ether oxygens (including phenoxy) is 1. The molecule has 15 heavy (non-hydrogen) atoms. The fourth-order valence-corrected chi connectivity index (χ4v) is 2.21. The Balaban J connectivity index is 2.32. The van der Waals surface area contributed by atoms with Gasteiger partial charge in [-0.15, -0.1) is 0 Å². The van der Waals surface area contributed by atoms with Crippen LogP contribution in [0.5, 0.6) is 0 Å². The molecule has 0 aromatic carbocycles. The van der Waals surface area contributed by atoms with Crippen LogP contribution in [0, 0.1) is 0 Å². The molecule has 0 atom stereocenters. The summed E-state index contributed by atoms with van der Waals surface area (Å²) >= 11 is 0. The van der Waals surface area contributed by atoms with E-state index in [2.05, 4.69) is 26.1 Å². The molecule has 0 bridgehead atoms. The zero-order valence-corrected chi connectivity index (χ0v) is 10.6. The first-order valence-electron chi connectivity index (χ1n) is 6.56. The highest BCUT2D eigenvalue weighted by molar-refractivity contribution is 4.89. The van der Waals surface area contributed by atoms with Gasteiger partial charge in [0.25, 0.3) is 0 Å². The van der Waals surface area contributed by atoms with Gasteiger partial charge in [0.05, 0.1) is 5.60 Å². The largest absolute Gasteiger partial charge is 0.374 e. The zero-order valence-electron chi connectivity index (χ0n) is 10.6. The van der Waals surface area contributed by atoms with Crippen LogP contribution < -0.4 is 5.32 Å². The van der Waals surface area contributed by atoms with Crippen molar-refractivity contribution in [2.24, 2.45) is 0 Å². The Morgan fingerprint density at radius 2 is 1.93 bits per heavy atom. The molecule has 0 saturated heterocycles. The van der Waals surface area contributed by atoms with E-state index in [-0.39, 0.29) is 5.60 Å². The summed E-state index contributed by atoms with van der Waals surface area (Å²) in [5.74, 6) is 0. The van der Waals surface area contributed by atoms with Crippen molar-refractivity contribution in [2.75, 3.05) is 13.2 Å². The average Bonchev–Trinajstić information content (AvgIpc) is 2.65. The molecule has 0 heterocycles. The van der Waals surface area contributed by atoms with Crippen molar-refractivity contribution in [2.45, 2.75) is 70.9 Å². The zero-order chi connectivity index (χ0) is 11.1. The van der Waals surface area contributed by atoms with Crippen LogP contribution in [-0.2, 0) is 4.74 Å². The van der Waals surface area contributed by atoms with E-state index in [0.29, 0.717) is 6.04 Å². The Kier molecular flexibility index (Phi) is 5.62. The third kappa shape index (κ3) is 4.52. The van der Waals surface area contributed by atoms with Crippen LogP contribution in [0.25, 0.3) is 0 Å². The molecule has 0 radical (unpaired) electrons. The molecule has 1 aliphatic carbocycles. The van der Waals surface area contributed by atoms with E-state index in [9.17, 15) is 0 Å². The molecule has 0 aromatic rings. The summed E-state index contributed by atoms with van der Waals surface area (Å²) in [6.07, 6.45) is 7.60. The number of hydrogen-bond donors (Lipinski definition) is 1. The van der Waals surface area contributed by atoms with Crippen molar-refractivity contribution < 1.29 is 4.74 Å². The fourth-order valence-electron chi connectivity index (χ4n) is 2.21. The van der Waals surface area contributed by atoms with E-state index in [1.807, 2.05) is 0 Å². The summed E-state index contributed by atoms with van der Waals surface area (Å²) in [5, 5.41) is 3.53. The minimum atomic E-state index is 0.166. The second-order valence-corrected chi connectivity index (χ2v) is 5.13. The first kappa shape index (κ1) is 13.0. The Bertz CT molecular complexity index is 162. The van der Waals surface area contributed by atoms with E-state index in [0.717, 1.165) is 13.2 Å². The number of nitrogens with one attached hydrogen (secondary N) is 1. The van der Waals surface area contributed by atoms with Crippen LogP contribution >= 0.6 is 0 Å². The second kappa shape index (κ2) is 6.49. The average molecular weight is 213 g/mol. The Morgan fingerprint density at radius 3 is 2.47 bits per heavy atom. The molecule has 90 valence electrons. The molecular formula is C13H27NO. The molecule has 2 heteroatoms. The summed E-state index contributed by atoms with van der Waals surface area (Å²) < 4.78 is 6.12. The molecular weight excluding hydrogens is 186 g/mol. The van der Waals surface area contributed by atoms with Gasteiger partial charge in [-0.25, -0.2) is 0 Å². The molecule has 1 rings (SSSR count). The van der Waals surface area contributed by atoms with Crippen molar-refractivity contribution in [3.05, 3.63) is 0 Å². The molecule has 0 unspecified atom stereocenters. The molecule has 2 nitrogen and oxygen atoms in total. The lowest BCUT2D eigenvalue weighted by molar-refractivity contribution is -0.0414. The third-order valence-corrected chi connectivity index (χ3v) is 3.25. The van der Waals surface area contributed by atoms with Crippen LogP contribution in [0.3, 0.4) is 0 Å². The standard InChI is InChI=1S/C13H27NO/c1-4-5-10-15-13(8-6-7-9-13)11-14-12(2)3/h12,14H,4-11H2,1-3H3. The predicted octanol–water partition coefficient (Wildman–Crippen LogP) is 3.11. The van der Waals surface area contributed by atoms with Crippen molar-refractivity contribution in [1.29, 1.82) is 0 Å². The number of rotatable bonds is 7. The van der Waals surface area contributed by atoms with Crippen molar-refractivity contribution >= 4 is 0 Å². The van der Waals surface area contributed by atoms with E-state index >= 15 is 0 Å². The minimum absolute atomic E-state index is 0.166. The van der Waals surface area contributed by atoms with Gasteiger partial charge < -0.3 is 10.1 Å². The molecule has 1 aliphatic rings. The monoisotopic (exact) mass is 213 g/mol. The van der Waals surface area contributed by atoms with Gasteiger partial charge in [-0.2, -0.15) is 0 Å². The van der Waals surface area contributed by atoms with Crippen molar-refractivity contribution in [3.8, 4) is 0 Å². The van der Waals surface area contributed by atoms with Crippen LogP contribution in [-0.4, -0.2) is 24.8 Å². The summed E-state index contributed by atoms with van der Waals surface area (Å²) in [7, 11) is 0. The highest BCUT2D eigenvalue weighted by Gasteiger charge is 2.34. The first-order valence-corrected chi connectivity index (χ1v) is 6.56. The lowest BCUT2D eigenvalue weighted by Gasteiger charge is -2.30. The Morgan fingerprint density at radius 1 is 1.27 bits per heavy atom. The van der Waals surface area contributed by atoms with Crippen molar-refractivity contribution in [3.63, 3.8) is 0 Å². The second-order valence-electron chi connectivity index (χ2n) is 5.13. The highest BCUT2D eigenvalue weighted by atomic mass is 16.5. The molecule has 1 saturated carbocycles. The topological polar surface area (TPSA) is 21.3 Å². The van der Waals surface area contributed by atoms with Gasteiger partial charge in [0.15, 0.2) is 0 Å². The van der Waals surface area contributed by atoms with Crippen LogP contribution in [0.1, 0.15) is 59.3 Å². The van der Waals surface area contributed by atoms with Gasteiger partial charge in [-0.1, -0.05) is 40.0 Å². The first-order chi connectivity index (χ1) is 7.18. The normalized spacial score (nSPS) is 20.0.